The van der Waals surface area contributed by atoms with Crippen LogP contribution in [0.15, 0.2) is 54.6 Å². The largest absolute Gasteiger partial charge is 0.494 e. The van der Waals surface area contributed by atoms with E-state index in [0.29, 0.717) is 24.5 Å². The van der Waals surface area contributed by atoms with Gasteiger partial charge in [-0.05, 0) is 43.7 Å². The number of nitrogens with one attached hydrogen (secondary N) is 1. The number of amides is 1. The number of hydrogen-bond donors (Lipinski definition) is 1. The predicted octanol–water partition coefficient (Wildman–Crippen LogP) is 2.95. The van der Waals surface area contributed by atoms with Crippen LogP contribution < -0.4 is 10.1 Å². The van der Waals surface area contributed by atoms with Gasteiger partial charge in [-0.15, -0.1) is 0 Å². The van der Waals surface area contributed by atoms with E-state index in [-0.39, 0.29) is 5.91 Å². The molecule has 1 atom stereocenters. The Kier molecular flexibility index (Phi) is 6.37. The topological polar surface area (TPSA) is 64.6 Å². The van der Waals surface area contributed by atoms with E-state index in [9.17, 15) is 9.59 Å². The fourth-order valence-electron chi connectivity index (χ4n) is 2.06. The zero-order valence-electron chi connectivity index (χ0n) is 13.8. The smallest absolute Gasteiger partial charge is 0.338 e. The highest BCUT2D eigenvalue weighted by Gasteiger charge is 2.18. The third kappa shape index (κ3) is 5.12. The summed E-state index contributed by atoms with van der Waals surface area (Å²) < 4.78 is 10.5. The van der Waals surface area contributed by atoms with E-state index in [4.69, 9.17) is 9.47 Å². The molecule has 0 aliphatic rings. The van der Waals surface area contributed by atoms with Crippen molar-refractivity contribution in [3.63, 3.8) is 0 Å². The molecule has 1 N–H and O–H groups in total. The molecule has 24 heavy (non-hydrogen) atoms. The van der Waals surface area contributed by atoms with Gasteiger partial charge in [0.25, 0.3) is 5.91 Å². The van der Waals surface area contributed by atoms with E-state index >= 15 is 0 Å². The average Bonchev–Trinajstić information content (AvgIpc) is 2.61. The van der Waals surface area contributed by atoms with Gasteiger partial charge in [0.2, 0.25) is 0 Å². The van der Waals surface area contributed by atoms with Gasteiger partial charge in [-0.25, -0.2) is 4.79 Å². The first-order valence-corrected chi connectivity index (χ1v) is 7.85. The molecule has 0 aliphatic carbocycles. The molecule has 0 saturated heterocycles. The second-order valence-corrected chi connectivity index (χ2v) is 5.21. The molecule has 0 fully saturated rings. The standard InChI is InChI=1S/C19H21NO4/c1-3-23-17-11-9-16(10-12-17)19(22)24-14(2)18(21)20-13-15-7-5-4-6-8-15/h4-12,14H,3,13H2,1-2H3,(H,20,21)/t14-/m0/s1. The van der Waals surface area contributed by atoms with Gasteiger partial charge in [0.1, 0.15) is 5.75 Å². The van der Waals surface area contributed by atoms with Crippen molar-refractivity contribution in [3.05, 3.63) is 65.7 Å². The molecule has 0 saturated carbocycles. The highest BCUT2D eigenvalue weighted by molar-refractivity contribution is 5.92. The van der Waals surface area contributed by atoms with Gasteiger partial charge < -0.3 is 14.8 Å². The van der Waals surface area contributed by atoms with E-state index in [0.717, 1.165) is 5.56 Å². The van der Waals surface area contributed by atoms with Crippen molar-refractivity contribution in [1.29, 1.82) is 0 Å². The minimum atomic E-state index is -0.868. The van der Waals surface area contributed by atoms with Crippen LogP contribution >= 0.6 is 0 Å². The SMILES string of the molecule is CCOc1ccc(C(=O)O[C@@H](C)C(=O)NCc2ccccc2)cc1. The zero-order valence-corrected chi connectivity index (χ0v) is 13.8. The lowest BCUT2D eigenvalue weighted by Gasteiger charge is -2.14. The Morgan fingerprint density at radius 2 is 1.71 bits per heavy atom. The molecule has 5 heteroatoms. The van der Waals surface area contributed by atoms with Gasteiger partial charge in [-0.1, -0.05) is 30.3 Å². The first kappa shape index (κ1) is 17.5. The van der Waals surface area contributed by atoms with Crippen LogP contribution in [0.1, 0.15) is 29.8 Å². The molecule has 126 valence electrons. The molecule has 0 aromatic heterocycles. The van der Waals surface area contributed by atoms with Crippen LogP contribution in [0.5, 0.6) is 5.75 Å². The molecule has 0 bridgehead atoms. The van der Waals surface area contributed by atoms with Crippen molar-refractivity contribution in [2.45, 2.75) is 26.5 Å². The summed E-state index contributed by atoms with van der Waals surface area (Å²) in [7, 11) is 0. The van der Waals surface area contributed by atoms with Crippen molar-refractivity contribution in [2.24, 2.45) is 0 Å². The number of hydrogen-bond acceptors (Lipinski definition) is 4. The zero-order chi connectivity index (χ0) is 17.4. The summed E-state index contributed by atoms with van der Waals surface area (Å²) in [6, 6.07) is 16.2. The summed E-state index contributed by atoms with van der Waals surface area (Å²) in [5.41, 5.74) is 1.36. The predicted molar refractivity (Wildman–Crippen MR) is 90.8 cm³/mol. The first-order valence-electron chi connectivity index (χ1n) is 7.85. The Hall–Kier alpha value is -2.82. The van der Waals surface area contributed by atoms with Crippen molar-refractivity contribution in [1.82, 2.24) is 5.32 Å². The van der Waals surface area contributed by atoms with Crippen molar-refractivity contribution < 1.29 is 19.1 Å². The number of carbonyl (C=O) groups is 2. The average molecular weight is 327 g/mol. The maximum atomic E-state index is 12.1. The fraction of sp³-hybridized carbons (Fsp3) is 0.263. The maximum absolute atomic E-state index is 12.1. The number of carbonyl (C=O) groups excluding carboxylic acids is 2. The van der Waals surface area contributed by atoms with E-state index in [1.807, 2.05) is 37.3 Å². The van der Waals surface area contributed by atoms with Crippen LogP contribution in [0, 0.1) is 0 Å². The van der Waals surface area contributed by atoms with Crippen LogP contribution in [0.25, 0.3) is 0 Å². The van der Waals surface area contributed by atoms with Gasteiger partial charge in [0, 0.05) is 6.54 Å². The van der Waals surface area contributed by atoms with E-state index < -0.39 is 12.1 Å². The Labute approximate surface area is 141 Å². The van der Waals surface area contributed by atoms with Crippen LogP contribution in [-0.4, -0.2) is 24.6 Å². The third-order valence-electron chi connectivity index (χ3n) is 3.36. The van der Waals surface area contributed by atoms with E-state index in [1.165, 1.54) is 0 Å². The highest BCUT2D eigenvalue weighted by atomic mass is 16.5. The minimum absolute atomic E-state index is 0.335. The molecule has 0 heterocycles. The Morgan fingerprint density at radius 3 is 2.33 bits per heavy atom. The molecule has 0 aliphatic heterocycles. The third-order valence-corrected chi connectivity index (χ3v) is 3.36. The number of ether oxygens (including phenoxy) is 2. The number of benzene rings is 2. The van der Waals surface area contributed by atoms with Gasteiger partial charge in [0.05, 0.1) is 12.2 Å². The van der Waals surface area contributed by atoms with Gasteiger partial charge in [0.15, 0.2) is 6.10 Å². The summed E-state index contributed by atoms with van der Waals surface area (Å²) in [4.78, 5) is 24.1. The second kappa shape index (κ2) is 8.72. The summed E-state index contributed by atoms with van der Waals surface area (Å²) in [5.74, 6) is -0.193. The molecular weight excluding hydrogens is 306 g/mol. The van der Waals surface area contributed by atoms with Gasteiger partial charge in [-0.2, -0.15) is 0 Å². The van der Waals surface area contributed by atoms with Crippen LogP contribution in [0.4, 0.5) is 0 Å². The molecule has 2 aromatic rings. The Morgan fingerprint density at radius 1 is 1.04 bits per heavy atom. The van der Waals surface area contributed by atoms with E-state index in [1.54, 1.807) is 31.2 Å². The van der Waals surface area contributed by atoms with Crippen molar-refractivity contribution >= 4 is 11.9 Å². The van der Waals surface area contributed by atoms with Gasteiger partial charge in [-0.3, -0.25) is 4.79 Å². The first-order chi connectivity index (χ1) is 11.6. The quantitative estimate of drug-likeness (QED) is 0.794. The lowest BCUT2D eigenvalue weighted by Crippen LogP contribution is -2.35. The van der Waals surface area contributed by atoms with E-state index in [2.05, 4.69) is 5.32 Å². The molecular formula is C19H21NO4. The second-order valence-electron chi connectivity index (χ2n) is 5.21. The van der Waals surface area contributed by atoms with Gasteiger partial charge >= 0.3 is 5.97 Å². The molecule has 2 rings (SSSR count). The summed E-state index contributed by atoms with van der Waals surface area (Å²) in [6.07, 6.45) is -0.868. The van der Waals surface area contributed by atoms with Crippen LogP contribution in [-0.2, 0) is 16.1 Å². The van der Waals surface area contributed by atoms with Crippen molar-refractivity contribution in [2.75, 3.05) is 6.61 Å². The molecule has 0 radical (unpaired) electrons. The Balaban J connectivity index is 1.84. The number of rotatable bonds is 7. The number of esters is 1. The summed E-state index contributed by atoms with van der Waals surface area (Å²) in [5, 5.41) is 2.75. The normalized spacial score (nSPS) is 11.4. The monoisotopic (exact) mass is 327 g/mol. The molecule has 5 nitrogen and oxygen atoms in total. The maximum Gasteiger partial charge on any atom is 0.338 e. The lowest BCUT2D eigenvalue weighted by molar-refractivity contribution is -0.129. The van der Waals surface area contributed by atoms with Crippen LogP contribution in [0.3, 0.4) is 0 Å². The molecule has 1 amide bonds. The molecule has 0 spiro atoms. The Bertz CT molecular complexity index is 668. The summed E-state index contributed by atoms with van der Waals surface area (Å²) in [6.45, 7) is 4.39. The lowest BCUT2D eigenvalue weighted by atomic mass is 10.2. The molecule has 0 unspecified atom stereocenters. The summed E-state index contributed by atoms with van der Waals surface area (Å²) >= 11 is 0. The van der Waals surface area contributed by atoms with Crippen LogP contribution in [0.2, 0.25) is 0 Å². The van der Waals surface area contributed by atoms with Crippen molar-refractivity contribution in [3.8, 4) is 5.75 Å². The fourth-order valence-corrected chi connectivity index (χ4v) is 2.06. The highest BCUT2D eigenvalue weighted by Crippen LogP contribution is 2.13. The minimum Gasteiger partial charge on any atom is -0.494 e. The molecule has 2 aromatic carbocycles.